The van der Waals surface area contributed by atoms with Gasteiger partial charge in [0.15, 0.2) is 0 Å². The van der Waals surface area contributed by atoms with Crippen molar-refractivity contribution in [2.45, 2.75) is 25.7 Å². The second-order valence-electron chi connectivity index (χ2n) is 4.87. The Morgan fingerprint density at radius 3 is 2.67 bits per heavy atom. The highest BCUT2D eigenvalue weighted by molar-refractivity contribution is 14.1. The van der Waals surface area contributed by atoms with Gasteiger partial charge in [-0.3, -0.25) is 4.79 Å². The van der Waals surface area contributed by atoms with Crippen molar-refractivity contribution in [3.05, 3.63) is 48.3 Å². The zero-order chi connectivity index (χ0) is 14.9. The van der Waals surface area contributed by atoms with E-state index in [0.29, 0.717) is 5.56 Å². The zero-order valence-corrected chi connectivity index (χ0v) is 14.1. The van der Waals surface area contributed by atoms with E-state index in [1.54, 1.807) is 17.1 Å². The normalized spacial score (nSPS) is 10.5. The van der Waals surface area contributed by atoms with Gasteiger partial charge in [0, 0.05) is 12.7 Å². The van der Waals surface area contributed by atoms with E-state index in [-0.39, 0.29) is 5.91 Å². The van der Waals surface area contributed by atoms with E-state index in [4.69, 9.17) is 0 Å². The van der Waals surface area contributed by atoms with Gasteiger partial charge >= 0.3 is 0 Å². The van der Waals surface area contributed by atoms with Gasteiger partial charge in [-0.2, -0.15) is 5.10 Å². The minimum atomic E-state index is -0.0499. The molecule has 0 radical (unpaired) electrons. The molecule has 112 valence electrons. The third kappa shape index (κ3) is 5.15. The lowest BCUT2D eigenvalue weighted by atomic mass is 10.2. The predicted molar refractivity (Wildman–Crippen MR) is 93.3 cm³/mol. The highest BCUT2D eigenvalue weighted by Gasteiger charge is 2.08. The van der Waals surface area contributed by atoms with Gasteiger partial charge in [-0.05, 0) is 29.4 Å². The number of halogens is 1. The Hall–Kier alpha value is -1.37. The fourth-order valence-corrected chi connectivity index (χ4v) is 2.58. The topological polar surface area (TPSA) is 46.9 Å². The van der Waals surface area contributed by atoms with Gasteiger partial charge in [0.05, 0.1) is 17.4 Å². The fourth-order valence-electron chi connectivity index (χ4n) is 2.04. The molecule has 1 N–H and O–H groups in total. The number of nitrogens with one attached hydrogen (secondary N) is 1. The largest absolute Gasteiger partial charge is 0.352 e. The summed E-state index contributed by atoms with van der Waals surface area (Å²) in [7, 11) is 0. The van der Waals surface area contributed by atoms with Crippen LogP contribution in [0, 0.1) is 0 Å². The quantitative estimate of drug-likeness (QED) is 0.421. The minimum absolute atomic E-state index is 0.0499. The number of amides is 1. The first-order chi connectivity index (χ1) is 10.3. The predicted octanol–water partition coefficient (Wildman–Crippen LogP) is 3.60. The number of benzene rings is 1. The highest BCUT2D eigenvalue weighted by atomic mass is 127. The van der Waals surface area contributed by atoms with Crippen molar-refractivity contribution in [3.63, 3.8) is 0 Å². The molecule has 0 aliphatic heterocycles. The number of unbranched alkanes of at least 4 members (excludes halogenated alkanes) is 3. The van der Waals surface area contributed by atoms with Gasteiger partial charge in [0.25, 0.3) is 5.91 Å². The second-order valence-corrected chi connectivity index (χ2v) is 5.95. The zero-order valence-electron chi connectivity index (χ0n) is 12.0. The second kappa shape index (κ2) is 8.81. The van der Waals surface area contributed by atoms with Crippen molar-refractivity contribution in [1.29, 1.82) is 0 Å². The standard InChI is InChI=1S/C16H20IN3O/c17-10-6-1-2-7-11-18-16(21)14-12-19-20(13-14)15-8-4-3-5-9-15/h3-5,8-9,12-13H,1-2,6-7,10-11H2,(H,18,21). The van der Waals surface area contributed by atoms with Crippen molar-refractivity contribution in [1.82, 2.24) is 15.1 Å². The molecular formula is C16H20IN3O. The van der Waals surface area contributed by atoms with Crippen LogP contribution in [0.3, 0.4) is 0 Å². The summed E-state index contributed by atoms with van der Waals surface area (Å²) >= 11 is 2.39. The maximum Gasteiger partial charge on any atom is 0.254 e. The number of alkyl halides is 1. The Bertz CT molecular complexity index is 554. The van der Waals surface area contributed by atoms with E-state index in [1.807, 2.05) is 30.3 Å². The summed E-state index contributed by atoms with van der Waals surface area (Å²) in [4.78, 5) is 12.0. The summed E-state index contributed by atoms with van der Waals surface area (Å²) in [5, 5.41) is 7.18. The van der Waals surface area contributed by atoms with Crippen molar-refractivity contribution in [2.75, 3.05) is 11.0 Å². The molecule has 0 aliphatic carbocycles. The summed E-state index contributed by atoms with van der Waals surface area (Å²) in [5.74, 6) is -0.0499. The average Bonchev–Trinajstić information content (AvgIpc) is 3.01. The Morgan fingerprint density at radius 1 is 1.14 bits per heavy atom. The van der Waals surface area contributed by atoms with E-state index < -0.39 is 0 Å². The summed E-state index contributed by atoms with van der Waals surface area (Å²) in [6, 6.07) is 9.78. The Labute approximate surface area is 139 Å². The number of para-hydroxylation sites is 1. The Balaban J connectivity index is 1.80. The first kappa shape index (κ1) is 16.0. The molecule has 1 aromatic carbocycles. The van der Waals surface area contributed by atoms with Crippen molar-refractivity contribution >= 4 is 28.5 Å². The number of rotatable bonds is 8. The molecule has 0 saturated heterocycles. The van der Waals surface area contributed by atoms with Gasteiger partial charge in [0.1, 0.15) is 0 Å². The van der Waals surface area contributed by atoms with Gasteiger partial charge in [0.2, 0.25) is 0 Å². The Kier molecular flexibility index (Phi) is 6.72. The summed E-state index contributed by atoms with van der Waals surface area (Å²) in [5.41, 5.74) is 1.56. The summed E-state index contributed by atoms with van der Waals surface area (Å²) in [6.07, 6.45) is 8.09. The van der Waals surface area contributed by atoms with Crippen molar-refractivity contribution in [3.8, 4) is 5.69 Å². The highest BCUT2D eigenvalue weighted by Crippen LogP contribution is 2.07. The van der Waals surface area contributed by atoms with E-state index in [2.05, 4.69) is 33.0 Å². The van der Waals surface area contributed by atoms with Crippen LogP contribution in [0.1, 0.15) is 36.0 Å². The monoisotopic (exact) mass is 397 g/mol. The van der Waals surface area contributed by atoms with Crippen molar-refractivity contribution < 1.29 is 4.79 Å². The summed E-state index contributed by atoms with van der Waals surface area (Å²) in [6.45, 7) is 0.733. The minimum Gasteiger partial charge on any atom is -0.352 e. The van der Waals surface area contributed by atoms with Crippen LogP contribution < -0.4 is 5.32 Å². The molecule has 0 bridgehead atoms. The number of aromatic nitrogens is 2. The molecular weight excluding hydrogens is 377 g/mol. The molecule has 0 unspecified atom stereocenters. The molecule has 2 rings (SSSR count). The number of carbonyl (C=O) groups is 1. The van der Waals surface area contributed by atoms with Crippen LogP contribution in [-0.4, -0.2) is 26.7 Å². The van der Waals surface area contributed by atoms with E-state index in [0.717, 1.165) is 18.7 Å². The molecule has 0 fully saturated rings. The SMILES string of the molecule is O=C(NCCCCCCI)c1cnn(-c2ccccc2)c1. The maximum absolute atomic E-state index is 12.0. The molecule has 0 aliphatic rings. The van der Waals surface area contributed by atoms with Crippen LogP contribution in [0.15, 0.2) is 42.7 Å². The van der Waals surface area contributed by atoms with Gasteiger partial charge < -0.3 is 5.32 Å². The molecule has 0 saturated carbocycles. The average molecular weight is 397 g/mol. The number of hydrogen-bond donors (Lipinski definition) is 1. The van der Waals surface area contributed by atoms with Crippen molar-refractivity contribution in [2.24, 2.45) is 0 Å². The lowest BCUT2D eigenvalue weighted by molar-refractivity contribution is 0.0953. The molecule has 0 atom stereocenters. The van der Waals surface area contributed by atoms with Crippen LogP contribution >= 0.6 is 22.6 Å². The van der Waals surface area contributed by atoms with Gasteiger partial charge in [-0.1, -0.05) is 53.6 Å². The molecule has 1 amide bonds. The van der Waals surface area contributed by atoms with Crippen LogP contribution in [0.5, 0.6) is 0 Å². The molecule has 1 aromatic heterocycles. The number of nitrogens with zero attached hydrogens (tertiary/aromatic N) is 2. The smallest absolute Gasteiger partial charge is 0.254 e. The van der Waals surface area contributed by atoms with E-state index in [9.17, 15) is 4.79 Å². The van der Waals surface area contributed by atoms with Crippen LogP contribution in [0.2, 0.25) is 0 Å². The summed E-state index contributed by atoms with van der Waals surface area (Å²) < 4.78 is 2.93. The van der Waals surface area contributed by atoms with Crippen LogP contribution in [0.4, 0.5) is 0 Å². The first-order valence-electron chi connectivity index (χ1n) is 7.25. The Morgan fingerprint density at radius 2 is 1.90 bits per heavy atom. The molecule has 1 heterocycles. The third-order valence-electron chi connectivity index (χ3n) is 3.21. The van der Waals surface area contributed by atoms with E-state index in [1.165, 1.54) is 23.7 Å². The van der Waals surface area contributed by atoms with Gasteiger partial charge in [-0.15, -0.1) is 0 Å². The lowest BCUT2D eigenvalue weighted by Gasteiger charge is -2.03. The van der Waals surface area contributed by atoms with Crippen LogP contribution in [-0.2, 0) is 0 Å². The number of hydrogen-bond acceptors (Lipinski definition) is 2. The van der Waals surface area contributed by atoms with E-state index >= 15 is 0 Å². The molecule has 4 nitrogen and oxygen atoms in total. The molecule has 2 aromatic rings. The lowest BCUT2D eigenvalue weighted by Crippen LogP contribution is -2.24. The third-order valence-corrected chi connectivity index (χ3v) is 3.97. The van der Waals surface area contributed by atoms with Crippen LogP contribution in [0.25, 0.3) is 5.69 Å². The fraction of sp³-hybridized carbons (Fsp3) is 0.375. The molecule has 5 heteroatoms. The molecule has 21 heavy (non-hydrogen) atoms. The molecule has 0 spiro atoms. The van der Waals surface area contributed by atoms with Gasteiger partial charge in [-0.25, -0.2) is 4.68 Å². The maximum atomic E-state index is 12.0. The first-order valence-corrected chi connectivity index (χ1v) is 8.78. The number of carbonyl (C=O) groups excluding carboxylic acids is 1.